The Hall–Kier alpha value is -2.65. The number of methoxy groups -OCH3 is 1. The summed E-state index contributed by atoms with van der Waals surface area (Å²) in [5.74, 6) is 0.298. The maximum absolute atomic E-state index is 11.7. The molecule has 2 heterocycles. The van der Waals surface area contributed by atoms with Crippen LogP contribution in [0, 0.1) is 0 Å². The molecule has 1 aromatic carbocycles. The van der Waals surface area contributed by atoms with E-state index in [1.807, 2.05) is 0 Å². The number of rotatable bonds is 3. The Balaban J connectivity index is 2.22. The molecule has 0 saturated heterocycles. The van der Waals surface area contributed by atoms with E-state index in [2.05, 4.69) is 9.97 Å². The molecule has 0 fully saturated rings. The van der Waals surface area contributed by atoms with E-state index in [0.29, 0.717) is 22.7 Å². The van der Waals surface area contributed by atoms with Crippen LogP contribution in [0.2, 0.25) is 0 Å². The smallest absolute Gasteiger partial charge is 0.331 e. The van der Waals surface area contributed by atoms with Crippen molar-refractivity contribution in [2.24, 2.45) is 5.14 Å². The Morgan fingerprint density at radius 2 is 2.09 bits per heavy atom. The Morgan fingerprint density at radius 1 is 1.32 bits per heavy atom. The first-order chi connectivity index (χ1) is 10.4. The van der Waals surface area contributed by atoms with Gasteiger partial charge in [0.1, 0.15) is 11.4 Å². The highest BCUT2D eigenvalue weighted by molar-refractivity contribution is 7.89. The first-order valence-electron chi connectivity index (χ1n) is 6.18. The molecule has 0 saturated carbocycles. The number of fused-ring (bicyclic) bond motifs is 1. The van der Waals surface area contributed by atoms with Crippen LogP contribution in [0.5, 0.6) is 5.75 Å². The summed E-state index contributed by atoms with van der Waals surface area (Å²) in [5.41, 5.74) is 1.18. The average molecular weight is 320 g/mol. The predicted molar refractivity (Wildman–Crippen MR) is 79.2 cm³/mol. The fourth-order valence-electron chi connectivity index (χ4n) is 2.12. The lowest BCUT2D eigenvalue weighted by atomic mass is 10.1. The van der Waals surface area contributed by atoms with Gasteiger partial charge in [0.2, 0.25) is 10.0 Å². The highest BCUT2D eigenvalue weighted by Gasteiger charge is 2.15. The van der Waals surface area contributed by atoms with Gasteiger partial charge in [0.15, 0.2) is 0 Å². The molecule has 0 amide bonds. The lowest BCUT2D eigenvalue weighted by molar-refractivity contribution is 0.415. The van der Waals surface area contributed by atoms with E-state index in [-0.39, 0.29) is 10.6 Å². The molecule has 0 atom stereocenters. The van der Waals surface area contributed by atoms with Gasteiger partial charge < -0.3 is 9.72 Å². The van der Waals surface area contributed by atoms with Crippen molar-refractivity contribution in [3.05, 3.63) is 47.1 Å². The van der Waals surface area contributed by atoms with E-state index < -0.39 is 10.0 Å². The minimum absolute atomic E-state index is 0.0605. The lowest BCUT2D eigenvalue weighted by Gasteiger charge is -2.07. The zero-order chi connectivity index (χ0) is 15.9. The molecule has 0 bridgehead atoms. The molecule has 9 heteroatoms. The van der Waals surface area contributed by atoms with Crippen LogP contribution < -0.4 is 15.6 Å². The normalized spacial score (nSPS) is 11.7. The standard InChI is InChI=1S/C13H12N4O4S/c1-21-11-6-8(22(14,19)20)2-3-9(11)10-7-17-12(16-10)4-5-15-13(17)18/h2-7H,1H3,(H,15,18)(H2,14,19,20). The molecule has 3 aromatic rings. The van der Waals surface area contributed by atoms with Crippen LogP contribution in [0.25, 0.3) is 16.9 Å². The summed E-state index contributed by atoms with van der Waals surface area (Å²) in [6.07, 6.45) is 3.04. The molecule has 0 aliphatic rings. The van der Waals surface area contributed by atoms with Crippen LogP contribution in [0.15, 0.2) is 46.3 Å². The first kappa shape index (κ1) is 14.3. The number of benzene rings is 1. The number of nitrogens with zero attached hydrogens (tertiary/aromatic N) is 2. The van der Waals surface area contributed by atoms with Gasteiger partial charge in [-0.25, -0.2) is 23.3 Å². The number of imidazole rings is 1. The molecule has 0 spiro atoms. The number of ether oxygens (including phenoxy) is 1. The van der Waals surface area contributed by atoms with E-state index >= 15 is 0 Å². The minimum Gasteiger partial charge on any atom is -0.496 e. The molecule has 0 radical (unpaired) electrons. The summed E-state index contributed by atoms with van der Waals surface area (Å²) in [5, 5.41) is 5.10. The number of hydrogen-bond donors (Lipinski definition) is 2. The maximum Gasteiger partial charge on any atom is 0.331 e. The number of aromatic nitrogens is 3. The molecule has 8 nitrogen and oxygen atoms in total. The molecular weight excluding hydrogens is 308 g/mol. The van der Waals surface area contributed by atoms with Crippen molar-refractivity contribution < 1.29 is 13.2 Å². The monoisotopic (exact) mass is 320 g/mol. The van der Waals surface area contributed by atoms with Crippen LogP contribution in [-0.4, -0.2) is 29.9 Å². The fraction of sp³-hybridized carbons (Fsp3) is 0.0769. The van der Waals surface area contributed by atoms with Gasteiger partial charge in [-0.2, -0.15) is 0 Å². The number of sulfonamides is 1. The van der Waals surface area contributed by atoms with Crippen molar-refractivity contribution in [2.45, 2.75) is 4.90 Å². The number of primary sulfonamides is 1. The van der Waals surface area contributed by atoms with E-state index in [9.17, 15) is 13.2 Å². The molecule has 0 aliphatic heterocycles. The van der Waals surface area contributed by atoms with Gasteiger partial charge >= 0.3 is 5.69 Å². The van der Waals surface area contributed by atoms with Crippen molar-refractivity contribution >= 4 is 15.7 Å². The molecular formula is C13H12N4O4S. The van der Waals surface area contributed by atoms with Gasteiger partial charge in [-0.3, -0.25) is 4.40 Å². The van der Waals surface area contributed by atoms with E-state index in [0.717, 1.165) is 0 Å². The second-order valence-electron chi connectivity index (χ2n) is 4.54. The molecule has 22 heavy (non-hydrogen) atoms. The van der Waals surface area contributed by atoms with E-state index in [4.69, 9.17) is 9.88 Å². The molecule has 0 unspecified atom stereocenters. The van der Waals surface area contributed by atoms with Crippen LogP contribution >= 0.6 is 0 Å². The Labute approximate surface area is 125 Å². The zero-order valence-electron chi connectivity index (χ0n) is 11.5. The van der Waals surface area contributed by atoms with Crippen LogP contribution in [0.3, 0.4) is 0 Å². The van der Waals surface area contributed by atoms with E-state index in [1.165, 1.54) is 35.9 Å². The molecule has 114 valence electrons. The number of H-pyrrole nitrogens is 1. The molecule has 3 N–H and O–H groups in total. The Morgan fingerprint density at radius 3 is 2.73 bits per heavy atom. The Kier molecular flexibility index (Phi) is 3.23. The number of nitrogens with two attached hydrogens (primary N) is 1. The van der Waals surface area contributed by atoms with Crippen molar-refractivity contribution in [3.8, 4) is 17.0 Å². The summed E-state index contributed by atoms with van der Waals surface area (Å²) >= 11 is 0. The third-order valence-corrected chi connectivity index (χ3v) is 4.08. The van der Waals surface area contributed by atoms with Crippen LogP contribution in [0.4, 0.5) is 0 Å². The SMILES string of the molecule is COc1cc(S(N)(=O)=O)ccc1-c1cn2c(=O)[nH]ccc2n1. The largest absolute Gasteiger partial charge is 0.496 e. The third-order valence-electron chi connectivity index (χ3n) is 3.17. The number of aromatic amines is 1. The minimum atomic E-state index is -3.83. The second kappa shape index (κ2) is 4.97. The topological polar surface area (TPSA) is 120 Å². The summed E-state index contributed by atoms with van der Waals surface area (Å²) < 4.78 is 29.3. The van der Waals surface area contributed by atoms with Gasteiger partial charge in [-0.15, -0.1) is 0 Å². The fourth-order valence-corrected chi connectivity index (χ4v) is 2.65. The van der Waals surface area contributed by atoms with Crippen molar-refractivity contribution in [2.75, 3.05) is 7.11 Å². The lowest BCUT2D eigenvalue weighted by Crippen LogP contribution is -2.13. The second-order valence-corrected chi connectivity index (χ2v) is 6.11. The van der Waals surface area contributed by atoms with Gasteiger partial charge in [0, 0.05) is 24.0 Å². The van der Waals surface area contributed by atoms with Crippen LogP contribution in [-0.2, 0) is 10.0 Å². The van der Waals surface area contributed by atoms with Gasteiger partial charge in [-0.1, -0.05) is 0 Å². The van der Waals surface area contributed by atoms with Crippen molar-refractivity contribution in [1.82, 2.24) is 14.4 Å². The van der Waals surface area contributed by atoms with Crippen molar-refractivity contribution in [3.63, 3.8) is 0 Å². The number of nitrogens with one attached hydrogen (secondary N) is 1. The summed E-state index contributed by atoms with van der Waals surface area (Å²) in [4.78, 5) is 18.5. The highest BCUT2D eigenvalue weighted by Crippen LogP contribution is 2.31. The molecule has 3 rings (SSSR count). The van der Waals surface area contributed by atoms with Gasteiger partial charge in [0.05, 0.1) is 17.7 Å². The Bertz CT molecular complexity index is 1020. The van der Waals surface area contributed by atoms with Gasteiger partial charge in [-0.05, 0) is 18.2 Å². The summed E-state index contributed by atoms with van der Waals surface area (Å²) in [7, 11) is -2.42. The van der Waals surface area contributed by atoms with Crippen LogP contribution in [0.1, 0.15) is 0 Å². The van der Waals surface area contributed by atoms with Crippen molar-refractivity contribution in [1.29, 1.82) is 0 Å². The predicted octanol–water partition coefficient (Wildman–Crippen LogP) is 0.346. The average Bonchev–Trinajstić information content (AvgIpc) is 2.91. The highest BCUT2D eigenvalue weighted by atomic mass is 32.2. The van der Waals surface area contributed by atoms with E-state index in [1.54, 1.807) is 12.3 Å². The van der Waals surface area contributed by atoms with Gasteiger partial charge in [0.25, 0.3) is 0 Å². The molecule has 2 aromatic heterocycles. The summed E-state index contributed by atoms with van der Waals surface area (Å²) in [6, 6.07) is 5.87. The third kappa shape index (κ3) is 2.36. The molecule has 0 aliphatic carbocycles. The zero-order valence-corrected chi connectivity index (χ0v) is 12.3. The first-order valence-corrected chi connectivity index (χ1v) is 7.73. The quantitative estimate of drug-likeness (QED) is 0.721. The maximum atomic E-state index is 11.7. The number of hydrogen-bond acceptors (Lipinski definition) is 5. The summed E-state index contributed by atoms with van der Waals surface area (Å²) in [6.45, 7) is 0.